The van der Waals surface area contributed by atoms with Crippen molar-refractivity contribution in [3.05, 3.63) is 0 Å². The first kappa shape index (κ1) is 14.7. The van der Waals surface area contributed by atoms with Crippen LogP contribution in [-0.4, -0.2) is 36.2 Å². The predicted molar refractivity (Wildman–Crippen MR) is 61.3 cm³/mol. The van der Waals surface area contributed by atoms with E-state index in [0.29, 0.717) is 13.2 Å². The summed E-state index contributed by atoms with van der Waals surface area (Å²) < 4.78 is 5.27. The van der Waals surface area contributed by atoms with Gasteiger partial charge < -0.3 is 21.0 Å². The average molecular weight is 231 g/mol. The Morgan fingerprint density at radius 2 is 2.19 bits per heavy atom. The van der Waals surface area contributed by atoms with Gasteiger partial charge in [-0.25, -0.2) is 0 Å². The van der Waals surface area contributed by atoms with E-state index in [-0.39, 0.29) is 17.8 Å². The third-order valence-corrected chi connectivity index (χ3v) is 2.32. The lowest BCUT2D eigenvalue weighted by Crippen LogP contribution is -2.47. The normalized spacial score (nSPS) is 14.6. The molecule has 0 aliphatic heterocycles. The molecule has 0 aliphatic rings. The van der Waals surface area contributed by atoms with Gasteiger partial charge >= 0.3 is 0 Å². The number of rotatable bonds is 6. The van der Waals surface area contributed by atoms with Crippen molar-refractivity contribution in [1.82, 2.24) is 5.32 Å². The molecular weight excluding hydrogens is 210 g/mol. The highest BCUT2D eigenvalue weighted by Crippen LogP contribution is 2.14. The highest BCUT2D eigenvalue weighted by atomic mass is 16.5. The van der Waals surface area contributed by atoms with E-state index in [0.717, 1.165) is 0 Å². The summed E-state index contributed by atoms with van der Waals surface area (Å²) in [5.41, 5.74) is 4.40. The molecule has 1 unspecified atom stereocenters. The summed E-state index contributed by atoms with van der Waals surface area (Å²) in [7, 11) is 0. The maximum Gasteiger partial charge on any atom is 0.233 e. The van der Waals surface area contributed by atoms with Crippen LogP contribution >= 0.6 is 0 Å². The SMILES string of the molecule is CCOC(C)CNC(=O)C(C)(C)C(N)=NO. The molecule has 6 nitrogen and oxygen atoms in total. The van der Waals surface area contributed by atoms with Crippen LogP contribution in [0, 0.1) is 5.41 Å². The minimum Gasteiger partial charge on any atom is -0.409 e. The summed E-state index contributed by atoms with van der Waals surface area (Å²) in [5, 5.41) is 14.1. The van der Waals surface area contributed by atoms with E-state index in [1.54, 1.807) is 13.8 Å². The topological polar surface area (TPSA) is 96.9 Å². The summed E-state index contributed by atoms with van der Waals surface area (Å²) in [5.74, 6) is -0.414. The fraction of sp³-hybridized carbons (Fsp3) is 0.800. The Balaban J connectivity index is 4.26. The minimum absolute atomic E-state index is 0.0583. The van der Waals surface area contributed by atoms with Crippen molar-refractivity contribution in [2.45, 2.75) is 33.8 Å². The maximum atomic E-state index is 11.7. The minimum atomic E-state index is -1.03. The molecule has 4 N–H and O–H groups in total. The molecule has 0 aromatic rings. The number of amides is 1. The number of amidine groups is 1. The number of ether oxygens (including phenoxy) is 1. The molecule has 0 heterocycles. The van der Waals surface area contributed by atoms with Crippen molar-refractivity contribution in [2.24, 2.45) is 16.3 Å². The van der Waals surface area contributed by atoms with E-state index in [2.05, 4.69) is 10.5 Å². The molecule has 1 atom stereocenters. The average Bonchev–Trinajstić information content (AvgIpc) is 2.24. The summed E-state index contributed by atoms with van der Waals surface area (Å²) in [6.45, 7) is 7.92. The summed E-state index contributed by atoms with van der Waals surface area (Å²) in [6.07, 6.45) is -0.0583. The highest BCUT2D eigenvalue weighted by Gasteiger charge is 2.32. The Bertz CT molecular complexity index is 264. The molecule has 94 valence electrons. The van der Waals surface area contributed by atoms with Gasteiger partial charge in [0.1, 0.15) is 5.41 Å². The van der Waals surface area contributed by atoms with E-state index in [1.165, 1.54) is 0 Å². The van der Waals surface area contributed by atoms with E-state index in [4.69, 9.17) is 15.7 Å². The second kappa shape index (κ2) is 6.32. The molecule has 0 aromatic heterocycles. The molecular formula is C10H21N3O3. The molecule has 0 bridgehead atoms. The van der Waals surface area contributed by atoms with Gasteiger partial charge in [-0.15, -0.1) is 0 Å². The molecule has 0 radical (unpaired) electrons. The molecule has 0 rings (SSSR count). The molecule has 0 aromatic carbocycles. The number of nitrogens with zero attached hydrogens (tertiary/aromatic N) is 1. The first-order valence-corrected chi connectivity index (χ1v) is 5.24. The second-order valence-corrected chi connectivity index (χ2v) is 4.09. The Labute approximate surface area is 95.8 Å². The van der Waals surface area contributed by atoms with Crippen molar-refractivity contribution >= 4 is 11.7 Å². The van der Waals surface area contributed by atoms with E-state index >= 15 is 0 Å². The first-order chi connectivity index (χ1) is 7.36. The largest absolute Gasteiger partial charge is 0.409 e. The lowest BCUT2D eigenvalue weighted by atomic mass is 9.91. The number of hydrogen-bond acceptors (Lipinski definition) is 4. The first-order valence-electron chi connectivity index (χ1n) is 5.24. The fourth-order valence-corrected chi connectivity index (χ4v) is 1.04. The molecule has 0 spiro atoms. The quantitative estimate of drug-likeness (QED) is 0.265. The van der Waals surface area contributed by atoms with Gasteiger partial charge in [0.25, 0.3) is 0 Å². The van der Waals surface area contributed by atoms with Crippen LogP contribution in [0.15, 0.2) is 5.16 Å². The molecule has 0 saturated heterocycles. The lowest BCUT2D eigenvalue weighted by Gasteiger charge is -2.23. The second-order valence-electron chi connectivity index (χ2n) is 4.09. The maximum absolute atomic E-state index is 11.7. The highest BCUT2D eigenvalue weighted by molar-refractivity contribution is 6.05. The Morgan fingerprint density at radius 1 is 1.62 bits per heavy atom. The summed E-state index contributed by atoms with van der Waals surface area (Å²) in [4.78, 5) is 11.7. The van der Waals surface area contributed by atoms with Crippen LogP contribution < -0.4 is 11.1 Å². The Kier molecular flexibility index (Phi) is 5.81. The van der Waals surface area contributed by atoms with Crippen LogP contribution in [-0.2, 0) is 9.53 Å². The van der Waals surface area contributed by atoms with Crippen molar-refractivity contribution < 1.29 is 14.7 Å². The zero-order valence-electron chi connectivity index (χ0n) is 10.3. The third kappa shape index (κ3) is 4.06. The molecule has 1 amide bonds. The van der Waals surface area contributed by atoms with Crippen LogP contribution in [0.1, 0.15) is 27.7 Å². The lowest BCUT2D eigenvalue weighted by molar-refractivity contribution is -0.127. The standard InChI is InChI=1S/C10H21N3O3/c1-5-16-7(2)6-12-9(14)10(3,4)8(11)13-15/h7,15H,5-6H2,1-4H3,(H2,11,13)(H,12,14). The number of nitrogens with two attached hydrogens (primary N) is 1. The van der Waals surface area contributed by atoms with Gasteiger partial charge in [-0.1, -0.05) is 5.16 Å². The number of carbonyl (C=O) groups excluding carboxylic acids is 1. The zero-order valence-corrected chi connectivity index (χ0v) is 10.3. The van der Waals surface area contributed by atoms with Crippen molar-refractivity contribution in [3.8, 4) is 0 Å². The molecule has 6 heteroatoms. The summed E-state index contributed by atoms with van der Waals surface area (Å²) in [6, 6.07) is 0. The molecule has 0 aliphatic carbocycles. The molecule has 16 heavy (non-hydrogen) atoms. The van der Waals surface area contributed by atoms with Crippen molar-refractivity contribution in [1.29, 1.82) is 0 Å². The van der Waals surface area contributed by atoms with Crippen LogP contribution in [0.2, 0.25) is 0 Å². The van der Waals surface area contributed by atoms with Gasteiger partial charge in [-0.3, -0.25) is 4.79 Å². The van der Waals surface area contributed by atoms with Crippen molar-refractivity contribution in [2.75, 3.05) is 13.2 Å². The number of oxime groups is 1. The molecule has 0 fully saturated rings. The van der Waals surface area contributed by atoms with Gasteiger partial charge in [0, 0.05) is 13.2 Å². The van der Waals surface area contributed by atoms with Gasteiger partial charge in [0.05, 0.1) is 6.10 Å². The Hall–Kier alpha value is -1.30. The monoisotopic (exact) mass is 231 g/mol. The molecule has 0 saturated carbocycles. The summed E-state index contributed by atoms with van der Waals surface area (Å²) >= 11 is 0. The zero-order chi connectivity index (χ0) is 12.8. The van der Waals surface area contributed by atoms with Gasteiger partial charge in [0.15, 0.2) is 5.84 Å². The Morgan fingerprint density at radius 3 is 2.62 bits per heavy atom. The van der Waals surface area contributed by atoms with Crippen LogP contribution in [0.25, 0.3) is 0 Å². The third-order valence-electron chi connectivity index (χ3n) is 2.32. The predicted octanol–water partition coefficient (Wildman–Crippen LogP) is 0.300. The van der Waals surface area contributed by atoms with Crippen LogP contribution in [0.5, 0.6) is 0 Å². The van der Waals surface area contributed by atoms with E-state index in [9.17, 15) is 4.79 Å². The van der Waals surface area contributed by atoms with E-state index < -0.39 is 5.41 Å². The van der Waals surface area contributed by atoms with Crippen LogP contribution in [0.3, 0.4) is 0 Å². The number of hydrogen-bond donors (Lipinski definition) is 3. The fourth-order valence-electron chi connectivity index (χ4n) is 1.04. The van der Waals surface area contributed by atoms with Crippen LogP contribution in [0.4, 0.5) is 0 Å². The number of nitrogens with one attached hydrogen (secondary N) is 1. The van der Waals surface area contributed by atoms with Crippen molar-refractivity contribution in [3.63, 3.8) is 0 Å². The van der Waals surface area contributed by atoms with Gasteiger partial charge in [-0.2, -0.15) is 0 Å². The number of carbonyl (C=O) groups is 1. The smallest absolute Gasteiger partial charge is 0.233 e. The van der Waals surface area contributed by atoms with Gasteiger partial charge in [-0.05, 0) is 27.7 Å². The van der Waals surface area contributed by atoms with Gasteiger partial charge in [0.2, 0.25) is 5.91 Å². The van der Waals surface area contributed by atoms with E-state index in [1.807, 2.05) is 13.8 Å².